The Hall–Kier alpha value is -1.94. The van der Waals surface area contributed by atoms with Crippen LogP contribution in [0.5, 0.6) is 0 Å². The number of nitrogens with zero attached hydrogens (tertiary/aromatic N) is 3. The van der Waals surface area contributed by atoms with Crippen molar-refractivity contribution in [3.63, 3.8) is 0 Å². The molecule has 2 rings (SSSR count). The first-order valence-electron chi connectivity index (χ1n) is 6.34. The summed E-state index contributed by atoms with van der Waals surface area (Å²) >= 11 is 0. The van der Waals surface area contributed by atoms with Crippen molar-refractivity contribution in [2.45, 2.75) is 26.5 Å². The monoisotopic (exact) mass is 257 g/mol. The molecule has 1 atom stereocenters. The van der Waals surface area contributed by atoms with Crippen LogP contribution >= 0.6 is 0 Å². The highest BCUT2D eigenvalue weighted by molar-refractivity contribution is 5.44. The molecule has 0 radical (unpaired) electrons. The molecule has 2 aromatic heterocycles. The van der Waals surface area contributed by atoms with E-state index < -0.39 is 6.10 Å². The fourth-order valence-corrected chi connectivity index (χ4v) is 1.89. The summed E-state index contributed by atoms with van der Waals surface area (Å²) in [5.41, 5.74) is 3.74. The Morgan fingerprint density at radius 2 is 2.05 bits per heavy atom. The molecule has 0 amide bonds. The van der Waals surface area contributed by atoms with Gasteiger partial charge in [-0.05, 0) is 38.1 Å². The highest BCUT2D eigenvalue weighted by atomic mass is 16.3. The number of rotatable bonds is 4. The summed E-state index contributed by atoms with van der Waals surface area (Å²) in [5, 5.41) is 9.43. The van der Waals surface area contributed by atoms with Gasteiger partial charge in [-0.2, -0.15) is 0 Å². The number of aliphatic hydroxyl groups excluding tert-OH is 1. The van der Waals surface area contributed by atoms with E-state index in [1.54, 1.807) is 13.1 Å². The summed E-state index contributed by atoms with van der Waals surface area (Å²) in [6.45, 7) is 4.43. The van der Waals surface area contributed by atoms with Gasteiger partial charge in [0.25, 0.3) is 0 Å². The minimum atomic E-state index is -0.530. The zero-order valence-electron chi connectivity index (χ0n) is 11.5. The molecule has 0 fully saturated rings. The molecule has 0 saturated carbocycles. The zero-order valence-corrected chi connectivity index (χ0v) is 11.5. The maximum absolute atomic E-state index is 9.43. The Labute approximate surface area is 113 Å². The number of aryl methyl sites for hydroxylation is 1. The SMILES string of the molecule is Cc1cccc(CN(C)c2ccc([C@H](C)O)nc2)n1. The summed E-state index contributed by atoms with van der Waals surface area (Å²) in [5.74, 6) is 0. The first-order valence-corrected chi connectivity index (χ1v) is 6.34. The van der Waals surface area contributed by atoms with E-state index in [-0.39, 0.29) is 0 Å². The van der Waals surface area contributed by atoms with E-state index in [2.05, 4.69) is 14.9 Å². The fourth-order valence-electron chi connectivity index (χ4n) is 1.89. The van der Waals surface area contributed by atoms with Crippen LogP contribution in [0.1, 0.15) is 30.1 Å². The van der Waals surface area contributed by atoms with Gasteiger partial charge in [-0.1, -0.05) is 6.07 Å². The third kappa shape index (κ3) is 3.51. The van der Waals surface area contributed by atoms with E-state index in [9.17, 15) is 5.11 Å². The van der Waals surface area contributed by atoms with Gasteiger partial charge < -0.3 is 10.0 Å². The topological polar surface area (TPSA) is 49.2 Å². The number of pyridine rings is 2. The van der Waals surface area contributed by atoms with Gasteiger partial charge in [0.05, 0.1) is 35.9 Å². The molecule has 1 N–H and O–H groups in total. The maximum atomic E-state index is 9.43. The zero-order chi connectivity index (χ0) is 13.8. The molecule has 19 heavy (non-hydrogen) atoms. The van der Waals surface area contributed by atoms with Crippen molar-refractivity contribution in [1.82, 2.24) is 9.97 Å². The Bertz CT molecular complexity index is 537. The molecule has 4 nitrogen and oxygen atoms in total. The quantitative estimate of drug-likeness (QED) is 0.914. The van der Waals surface area contributed by atoms with Gasteiger partial charge in [-0.3, -0.25) is 9.97 Å². The van der Waals surface area contributed by atoms with Crippen LogP contribution in [-0.2, 0) is 6.54 Å². The van der Waals surface area contributed by atoms with Crippen LogP contribution in [0.3, 0.4) is 0 Å². The summed E-state index contributed by atoms with van der Waals surface area (Å²) in [6.07, 6.45) is 1.25. The number of aliphatic hydroxyl groups is 1. The Balaban J connectivity index is 2.09. The molecule has 0 unspecified atom stereocenters. The molecule has 0 bridgehead atoms. The smallest absolute Gasteiger partial charge is 0.0931 e. The normalized spacial score (nSPS) is 12.2. The first-order chi connectivity index (χ1) is 9.06. The van der Waals surface area contributed by atoms with Gasteiger partial charge >= 0.3 is 0 Å². The maximum Gasteiger partial charge on any atom is 0.0931 e. The van der Waals surface area contributed by atoms with E-state index >= 15 is 0 Å². The number of hydrogen-bond acceptors (Lipinski definition) is 4. The van der Waals surface area contributed by atoms with Crippen LogP contribution in [0.25, 0.3) is 0 Å². The molecule has 0 aliphatic rings. The minimum Gasteiger partial charge on any atom is -0.387 e. The lowest BCUT2D eigenvalue weighted by molar-refractivity contribution is 0.194. The second-order valence-electron chi connectivity index (χ2n) is 4.74. The second kappa shape index (κ2) is 5.80. The molecule has 0 aliphatic carbocycles. The molecular formula is C15H19N3O. The summed E-state index contributed by atoms with van der Waals surface area (Å²) in [4.78, 5) is 10.8. The molecule has 2 heterocycles. The Morgan fingerprint density at radius 3 is 2.63 bits per heavy atom. The van der Waals surface area contributed by atoms with Crippen LogP contribution in [-0.4, -0.2) is 22.1 Å². The molecule has 0 aromatic carbocycles. The number of hydrogen-bond donors (Lipinski definition) is 1. The van der Waals surface area contributed by atoms with Crippen molar-refractivity contribution in [3.05, 3.63) is 53.6 Å². The van der Waals surface area contributed by atoms with Crippen LogP contribution < -0.4 is 4.90 Å². The van der Waals surface area contributed by atoms with Gasteiger partial charge in [0.15, 0.2) is 0 Å². The summed E-state index contributed by atoms with van der Waals surface area (Å²) in [6, 6.07) is 9.83. The standard InChI is InChI=1S/C15H19N3O/c1-11-5-4-6-13(17-11)10-18(3)14-7-8-15(12(2)19)16-9-14/h4-9,12,19H,10H2,1-3H3/t12-/m0/s1. The van der Waals surface area contributed by atoms with Crippen molar-refractivity contribution in [3.8, 4) is 0 Å². The van der Waals surface area contributed by atoms with Crippen LogP contribution in [0, 0.1) is 6.92 Å². The van der Waals surface area contributed by atoms with Gasteiger partial charge in [0.1, 0.15) is 0 Å². The van der Waals surface area contributed by atoms with E-state index in [0.717, 1.165) is 23.6 Å². The predicted octanol–water partition coefficient (Wildman–Crippen LogP) is 2.47. The molecule has 4 heteroatoms. The Kier molecular flexibility index (Phi) is 4.12. The summed E-state index contributed by atoms with van der Waals surface area (Å²) in [7, 11) is 2.00. The van der Waals surface area contributed by atoms with E-state index in [0.29, 0.717) is 5.69 Å². The molecule has 2 aromatic rings. The molecular weight excluding hydrogens is 238 g/mol. The second-order valence-corrected chi connectivity index (χ2v) is 4.74. The first kappa shape index (κ1) is 13.5. The van der Waals surface area contributed by atoms with Gasteiger partial charge in [0, 0.05) is 12.7 Å². The lowest BCUT2D eigenvalue weighted by atomic mass is 10.2. The summed E-state index contributed by atoms with van der Waals surface area (Å²) < 4.78 is 0. The average molecular weight is 257 g/mol. The van der Waals surface area contributed by atoms with E-state index in [4.69, 9.17) is 0 Å². The van der Waals surface area contributed by atoms with E-state index in [1.165, 1.54) is 0 Å². The predicted molar refractivity (Wildman–Crippen MR) is 76.0 cm³/mol. The van der Waals surface area contributed by atoms with Crippen molar-refractivity contribution in [2.24, 2.45) is 0 Å². The molecule has 100 valence electrons. The number of anilines is 1. The molecule has 0 aliphatic heterocycles. The van der Waals surface area contributed by atoms with Crippen LogP contribution in [0.15, 0.2) is 36.5 Å². The minimum absolute atomic E-state index is 0.530. The van der Waals surface area contributed by atoms with Crippen molar-refractivity contribution in [1.29, 1.82) is 0 Å². The lowest BCUT2D eigenvalue weighted by Gasteiger charge is -2.19. The average Bonchev–Trinajstić information content (AvgIpc) is 2.39. The van der Waals surface area contributed by atoms with Gasteiger partial charge in [0.2, 0.25) is 0 Å². The van der Waals surface area contributed by atoms with Crippen molar-refractivity contribution in [2.75, 3.05) is 11.9 Å². The van der Waals surface area contributed by atoms with E-state index in [1.807, 2.05) is 44.3 Å². The molecule has 0 saturated heterocycles. The number of aromatic nitrogens is 2. The third-order valence-corrected chi connectivity index (χ3v) is 2.98. The van der Waals surface area contributed by atoms with Crippen molar-refractivity contribution < 1.29 is 5.11 Å². The fraction of sp³-hybridized carbons (Fsp3) is 0.333. The largest absolute Gasteiger partial charge is 0.387 e. The lowest BCUT2D eigenvalue weighted by Crippen LogP contribution is -2.17. The van der Waals surface area contributed by atoms with Gasteiger partial charge in [-0.15, -0.1) is 0 Å². The van der Waals surface area contributed by atoms with Crippen LogP contribution in [0.4, 0.5) is 5.69 Å². The third-order valence-electron chi connectivity index (χ3n) is 2.98. The highest BCUT2D eigenvalue weighted by Crippen LogP contribution is 2.16. The Morgan fingerprint density at radius 1 is 1.26 bits per heavy atom. The van der Waals surface area contributed by atoms with Gasteiger partial charge in [-0.25, -0.2) is 0 Å². The van der Waals surface area contributed by atoms with Crippen molar-refractivity contribution >= 4 is 5.69 Å². The highest BCUT2D eigenvalue weighted by Gasteiger charge is 2.06. The van der Waals surface area contributed by atoms with Crippen LogP contribution in [0.2, 0.25) is 0 Å². The molecule has 0 spiro atoms.